The van der Waals surface area contributed by atoms with E-state index >= 15 is 0 Å². The molecule has 138 valence electrons. The van der Waals surface area contributed by atoms with E-state index in [4.69, 9.17) is 0 Å². The minimum absolute atomic E-state index is 0.0735. The van der Waals surface area contributed by atoms with E-state index in [0.29, 0.717) is 5.69 Å². The van der Waals surface area contributed by atoms with Crippen LogP contribution in [0.4, 0.5) is 30.6 Å². The zero-order valence-electron chi connectivity index (χ0n) is 14.9. The van der Waals surface area contributed by atoms with E-state index in [0.717, 1.165) is 49.6 Å². The van der Waals surface area contributed by atoms with Crippen LogP contribution >= 0.6 is 0 Å². The van der Waals surface area contributed by atoms with E-state index in [1.54, 1.807) is 0 Å². The average Bonchev–Trinajstić information content (AvgIpc) is 2.60. The second-order valence-electron chi connectivity index (χ2n) is 6.49. The zero-order chi connectivity index (χ0) is 18.7. The zero-order valence-corrected chi connectivity index (χ0v) is 14.9. The SMILES string of the molecule is Cc1cc(N2CCN(C)CC2)ccc1NC(=O)Nc1ccc(F)cc1F. The Hall–Kier alpha value is -2.67. The molecule has 2 aromatic rings. The lowest BCUT2D eigenvalue weighted by Gasteiger charge is -2.34. The quantitative estimate of drug-likeness (QED) is 0.878. The van der Waals surface area contributed by atoms with Crippen LogP contribution in [0.5, 0.6) is 0 Å². The van der Waals surface area contributed by atoms with E-state index in [-0.39, 0.29) is 5.69 Å². The number of aryl methyl sites for hydroxylation is 1. The van der Waals surface area contributed by atoms with Crippen molar-refractivity contribution in [2.75, 3.05) is 48.8 Å². The van der Waals surface area contributed by atoms with Crippen LogP contribution in [-0.2, 0) is 0 Å². The first kappa shape index (κ1) is 18.1. The number of piperazine rings is 1. The van der Waals surface area contributed by atoms with Crippen LogP contribution in [0, 0.1) is 18.6 Å². The van der Waals surface area contributed by atoms with E-state index in [9.17, 15) is 13.6 Å². The maximum Gasteiger partial charge on any atom is 0.323 e. The van der Waals surface area contributed by atoms with Crippen molar-refractivity contribution in [3.8, 4) is 0 Å². The fourth-order valence-corrected chi connectivity index (χ4v) is 2.92. The fourth-order valence-electron chi connectivity index (χ4n) is 2.92. The number of benzene rings is 2. The molecule has 1 fully saturated rings. The first-order chi connectivity index (χ1) is 12.4. The third-order valence-corrected chi connectivity index (χ3v) is 4.51. The second-order valence-corrected chi connectivity index (χ2v) is 6.49. The summed E-state index contributed by atoms with van der Waals surface area (Å²) in [6.45, 7) is 5.88. The summed E-state index contributed by atoms with van der Waals surface area (Å²) in [6, 6.07) is 8.26. The van der Waals surface area contributed by atoms with Crippen LogP contribution < -0.4 is 15.5 Å². The Bertz CT molecular complexity index is 804. The summed E-state index contributed by atoms with van der Waals surface area (Å²) >= 11 is 0. The standard InChI is InChI=1S/C19H22F2N4O/c1-13-11-15(25-9-7-24(2)8-10-25)4-6-17(13)22-19(26)23-18-5-3-14(20)12-16(18)21/h3-6,11-12H,7-10H2,1-2H3,(H2,22,23,26). The highest BCUT2D eigenvalue weighted by molar-refractivity contribution is 6.00. The molecule has 0 radical (unpaired) electrons. The van der Waals surface area contributed by atoms with Gasteiger partial charge in [0, 0.05) is 43.6 Å². The van der Waals surface area contributed by atoms with Crippen molar-refractivity contribution in [2.45, 2.75) is 6.92 Å². The van der Waals surface area contributed by atoms with E-state index in [1.807, 2.05) is 25.1 Å². The summed E-state index contributed by atoms with van der Waals surface area (Å²) < 4.78 is 26.5. The number of rotatable bonds is 3. The third-order valence-electron chi connectivity index (χ3n) is 4.51. The third kappa shape index (κ3) is 4.29. The largest absolute Gasteiger partial charge is 0.369 e. The molecule has 26 heavy (non-hydrogen) atoms. The van der Waals surface area contributed by atoms with Crippen LogP contribution in [0.2, 0.25) is 0 Å². The second kappa shape index (κ2) is 7.70. The number of hydrogen-bond acceptors (Lipinski definition) is 3. The van der Waals surface area contributed by atoms with Gasteiger partial charge in [-0.3, -0.25) is 0 Å². The predicted octanol–water partition coefficient (Wildman–Crippen LogP) is 3.67. The van der Waals surface area contributed by atoms with E-state index < -0.39 is 17.7 Å². The van der Waals surface area contributed by atoms with Gasteiger partial charge < -0.3 is 20.4 Å². The van der Waals surface area contributed by atoms with E-state index in [1.165, 1.54) is 6.07 Å². The van der Waals surface area contributed by atoms with Crippen molar-refractivity contribution in [3.05, 3.63) is 53.6 Å². The van der Waals surface area contributed by atoms with Gasteiger partial charge in [-0.15, -0.1) is 0 Å². The number of halogens is 2. The average molecular weight is 360 g/mol. The Morgan fingerprint density at radius 1 is 0.962 bits per heavy atom. The summed E-state index contributed by atoms with van der Waals surface area (Å²) in [4.78, 5) is 16.7. The maximum absolute atomic E-state index is 13.6. The van der Waals surface area contributed by atoms with Gasteiger partial charge >= 0.3 is 6.03 Å². The van der Waals surface area contributed by atoms with Gasteiger partial charge in [0.1, 0.15) is 11.6 Å². The lowest BCUT2D eigenvalue weighted by molar-refractivity contribution is 0.262. The smallest absolute Gasteiger partial charge is 0.323 e. The number of nitrogens with zero attached hydrogens (tertiary/aromatic N) is 2. The fraction of sp³-hybridized carbons (Fsp3) is 0.316. The van der Waals surface area contributed by atoms with Crippen molar-refractivity contribution in [3.63, 3.8) is 0 Å². The molecule has 0 bridgehead atoms. The Morgan fingerprint density at radius 2 is 1.62 bits per heavy atom. The molecule has 0 aliphatic carbocycles. The minimum atomic E-state index is -0.817. The maximum atomic E-state index is 13.6. The van der Waals surface area contributed by atoms with Crippen LogP contribution in [-0.4, -0.2) is 44.2 Å². The molecule has 2 N–H and O–H groups in total. The van der Waals surface area contributed by atoms with Crippen LogP contribution in [0.3, 0.4) is 0 Å². The van der Waals surface area contributed by atoms with Gasteiger partial charge in [-0.25, -0.2) is 13.6 Å². The van der Waals surface area contributed by atoms with Gasteiger partial charge in [-0.1, -0.05) is 0 Å². The Morgan fingerprint density at radius 3 is 2.27 bits per heavy atom. The molecule has 5 nitrogen and oxygen atoms in total. The van der Waals surface area contributed by atoms with Gasteiger partial charge in [0.2, 0.25) is 0 Å². The molecule has 0 unspecified atom stereocenters. The molecule has 2 amide bonds. The molecular weight excluding hydrogens is 338 g/mol. The lowest BCUT2D eigenvalue weighted by atomic mass is 10.1. The van der Waals surface area contributed by atoms with Crippen molar-refractivity contribution in [1.82, 2.24) is 4.90 Å². The number of hydrogen-bond donors (Lipinski definition) is 2. The highest BCUT2D eigenvalue weighted by Crippen LogP contribution is 2.24. The Kier molecular flexibility index (Phi) is 5.37. The number of amides is 2. The molecule has 3 rings (SSSR count). The number of urea groups is 1. The molecule has 1 aliphatic heterocycles. The molecule has 1 heterocycles. The van der Waals surface area contributed by atoms with Gasteiger partial charge in [0.15, 0.2) is 0 Å². The number of nitrogens with one attached hydrogen (secondary N) is 2. The molecule has 0 spiro atoms. The number of likely N-dealkylation sites (N-methyl/N-ethyl adjacent to an activating group) is 1. The number of carbonyl (C=O) groups excluding carboxylic acids is 1. The van der Waals surface area contributed by atoms with Crippen molar-refractivity contribution < 1.29 is 13.6 Å². The summed E-state index contributed by atoms with van der Waals surface area (Å²) in [7, 11) is 2.11. The molecular formula is C19H22F2N4O. The molecule has 2 aromatic carbocycles. The van der Waals surface area contributed by atoms with Crippen molar-refractivity contribution in [2.24, 2.45) is 0 Å². The van der Waals surface area contributed by atoms with Gasteiger partial charge in [-0.2, -0.15) is 0 Å². The molecule has 0 saturated carbocycles. The van der Waals surface area contributed by atoms with E-state index in [2.05, 4.69) is 27.5 Å². The van der Waals surface area contributed by atoms with Gasteiger partial charge in [0.25, 0.3) is 0 Å². The first-order valence-corrected chi connectivity index (χ1v) is 8.49. The Labute approximate surface area is 151 Å². The van der Waals surface area contributed by atoms with Gasteiger partial charge in [-0.05, 0) is 49.9 Å². The predicted molar refractivity (Wildman–Crippen MR) is 99.9 cm³/mol. The molecule has 7 heteroatoms. The molecule has 1 saturated heterocycles. The summed E-state index contributed by atoms with van der Waals surface area (Å²) in [5, 5.41) is 5.09. The summed E-state index contributed by atoms with van der Waals surface area (Å²) in [6.07, 6.45) is 0. The normalized spacial score (nSPS) is 15.0. The van der Waals surface area contributed by atoms with Crippen molar-refractivity contribution in [1.29, 1.82) is 0 Å². The number of carbonyl (C=O) groups is 1. The molecule has 0 aromatic heterocycles. The lowest BCUT2D eigenvalue weighted by Crippen LogP contribution is -2.44. The van der Waals surface area contributed by atoms with Gasteiger partial charge in [0.05, 0.1) is 5.69 Å². The Balaban J connectivity index is 1.65. The monoisotopic (exact) mass is 360 g/mol. The van der Waals surface area contributed by atoms with Crippen LogP contribution in [0.1, 0.15) is 5.56 Å². The number of anilines is 3. The highest BCUT2D eigenvalue weighted by Gasteiger charge is 2.15. The topological polar surface area (TPSA) is 47.6 Å². The van der Waals surface area contributed by atoms with Crippen LogP contribution in [0.15, 0.2) is 36.4 Å². The molecule has 0 atom stereocenters. The van der Waals surface area contributed by atoms with Crippen molar-refractivity contribution >= 4 is 23.1 Å². The summed E-state index contributed by atoms with van der Waals surface area (Å²) in [5.74, 6) is -1.51. The van der Waals surface area contributed by atoms with Crippen LogP contribution in [0.25, 0.3) is 0 Å². The highest BCUT2D eigenvalue weighted by atomic mass is 19.1. The minimum Gasteiger partial charge on any atom is -0.369 e. The summed E-state index contributed by atoms with van der Waals surface area (Å²) in [5.41, 5.74) is 2.60. The first-order valence-electron chi connectivity index (χ1n) is 8.49. The molecule has 1 aliphatic rings.